The molecule has 1 aromatic carbocycles. The van der Waals surface area contributed by atoms with Crippen LogP contribution in [0.4, 0.5) is 4.79 Å². The molecule has 2 aromatic rings. The Morgan fingerprint density at radius 2 is 1.92 bits per heavy atom. The monoisotopic (exact) mass is 326 g/mol. The molecule has 126 valence electrons. The maximum absolute atomic E-state index is 12.4. The standard InChI is InChI=1S/C19H22N2O3/c1-19(2,3)24-18(22)21-10-11-23-17-5-4-15(12-16(17)13-21)14-6-8-20-9-7-14/h4-9,12H,10-11,13H2,1-3H3. The normalized spacial score (nSPS) is 14.4. The molecule has 0 saturated carbocycles. The van der Waals surface area contributed by atoms with Gasteiger partial charge in [-0.25, -0.2) is 4.79 Å². The lowest BCUT2D eigenvalue weighted by atomic mass is 10.0. The van der Waals surface area contributed by atoms with Crippen molar-refractivity contribution in [2.45, 2.75) is 32.9 Å². The maximum atomic E-state index is 12.4. The number of benzene rings is 1. The van der Waals surface area contributed by atoms with Crippen molar-refractivity contribution in [3.05, 3.63) is 48.3 Å². The highest BCUT2D eigenvalue weighted by Crippen LogP contribution is 2.29. The van der Waals surface area contributed by atoms with Gasteiger partial charge in [0.05, 0.1) is 13.1 Å². The molecule has 1 aliphatic rings. The molecule has 2 heterocycles. The van der Waals surface area contributed by atoms with Crippen molar-refractivity contribution in [2.24, 2.45) is 0 Å². The molecule has 0 aliphatic carbocycles. The lowest BCUT2D eigenvalue weighted by Gasteiger charge is -2.26. The highest BCUT2D eigenvalue weighted by atomic mass is 16.6. The van der Waals surface area contributed by atoms with Crippen LogP contribution in [0.2, 0.25) is 0 Å². The van der Waals surface area contributed by atoms with Crippen molar-refractivity contribution in [3.8, 4) is 16.9 Å². The second-order valence-electron chi connectivity index (χ2n) is 6.81. The van der Waals surface area contributed by atoms with E-state index in [2.05, 4.69) is 11.1 Å². The minimum Gasteiger partial charge on any atom is -0.491 e. The zero-order valence-corrected chi connectivity index (χ0v) is 14.3. The van der Waals surface area contributed by atoms with Gasteiger partial charge in [-0.15, -0.1) is 0 Å². The van der Waals surface area contributed by atoms with Crippen molar-refractivity contribution >= 4 is 6.09 Å². The summed E-state index contributed by atoms with van der Waals surface area (Å²) in [5.41, 5.74) is 2.63. The molecule has 0 spiro atoms. The molecule has 0 N–H and O–H groups in total. The van der Waals surface area contributed by atoms with Gasteiger partial charge in [-0.2, -0.15) is 0 Å². The van der Waals surface area contributed by atoms with Crippen LogP contribution < -0.4 is 4.74 Å². The highest BCUT2D eigenvalue weighted by Gasteiger charge is 2.25. The number of hydrogen-bond donors (Lipinski definition) is 0. The number of pyridine rings is 1. The Bertz CT molecular complexity index is 723. The van der Waals surface area contributed by atoms with E-state index in [9.17, 15) is 4.79 Å². The molecule has 0 fully saturated rings. The number of ether oxygens (including phenoxy) is 2. The number of carbonyl (C=O) groups excluding carboxylic acids is 1. The van der Waals surface area contributed by atoms with Gasteiger partial charge in [-0.3, -0.25) is 4.98 Å². The lowest BCUT2D eigenvalue weighted by Crippen LogP contribution is -2.37. The van der Waals surface area contributed by atoms with Crippen LogP contribution in [0.1, 0.15) is 26.3 Å². The Labute approximate surface area is 142 Å². The van der Waals surface area contributed by atoms with Crippen LogP contribution >= 0.6 is 0 Å². The summed E-state index contributed by atoms with van der Waals surface area (Å²) in [5.74, 6) is 0.818. The molecule has 0 bridgehead atoms. The second-order valence-corrected chi connectivity index (χ2v) is 6.81. The average molecular weight is 326 g/mol. The fourth-order valence-corrected chi connectivity index (χ4v) is 2.60. The summed E-state index contributed by atoms with van der Waals surface area (Å²) >= 11 is 0. The summed E-state index contributed by atoms with van der Waals surface area (Å²) in [6.07, 6.45) is 3.22. The molecular weight excluding hydrogens is 304 g/mol. The first-order valence-electron chi connectivity index (χ1n) is 8.06. The Kier molecular flexibility index (Phi) is 4.42. The SMILES string of the molecule is CC(C)(C)OC(=O)N1CCOc2ccc(-c3ccncc3)cc2C1. The van der Waals surface area contributed by atoms with Crippen molar-refractivity contribution in [1.29, 1.82) is 0 Å². The summed E-state index contributed by atoms with van der Waals surface area (Å²) in [5, 5.41) is 0. The lowest BCUT2D eigenvalue weighted by molar-refractivity contribution is 0.0225. The largest absolute Gasteiger partial charge is 0.491 e. The van der Waals surface area contributed by atoms with E-state index in [1.165, 1.54) is 0 Å². The second kappa shape index (κ2) is 6.51. The van der Waals surface area contributed by atoms with Gasteiger partial charge in [0.25, 0.3) is 0 Å². The smallest absolute Gasteiger partial charge is 0.410 e. The molecule has 1 aromatic heterocycles. The number of amides is 1. The first kappa shape index (κ1) is 16.3. The molecule has 0 radical (unpaired) electrons. The number of carbonyl (C=O) groups is 1. The number of aromatic nitrogens is 1. The first-order chi connectivity index (χ1) is 11.4. The van der Waals surface area contributed by atoms with E-state index in [4.69, 9.17) is 9.47 Å². The maximum Gasteiger partial charge on any atom is 0.410 e. The zero-order valence-electron chi connectivity index (χ0n) is 14.3. The predicted molar refractivity (Wildman–Crippen MR) is 91.8 cm³/mol. The third-order valence-corrected chi connectivity index (χ3v) is 3.71. The number of rotatable bonds is 1. The van der Waals surface area contributed by atoms with Gasteiger partial charge in [-0.1, -0.05) is 6.07 Å². The Balaban J connectivity index is 1.85. The van der Waals surface area contributed by atoms with Crippen molar-refractivity contribution in [3.63, 3.8) is 0 Å². The Morgan fingerprint density at radius 3 is 2.62 bits per heavy atom. The van der Waals surface area contributed by atoms with Gasteiger partial charge in [0.1, 0.15) is 18.0 Å². The predicted octanol–water partition coefficient (Wildman–Crippen LogP) is 3.88. The van der Waals surface area contributed by atoms with E-state index < -0.39 is 5.60 Å². The van der Waals surface area contributed by atoms with Gasteiger partial charge in [-0.05, 0) is 56.2 Å². The summed E-state index contributed by atoms with van der Waals surface area (Å²) < 4.78 is 11.3. The summed E-state index contributed by atoms with van der Waals surface area (Å²) in [4.78, 5) is 18.1. The van der Waals surface area contributed by atoms with E-state index in [1.807, 2.05) is 45.0 Å². The summed E-state index contributed by atoms with van der Waals surface area (Å²) in [7, 11) is 0. The van der Waals surface area contributed by atoms with Crippen molar-refractivity contribution in [1.82, 2.24) is 9.88 Å². The molecule has 0 unspecified atom stereocenters. The van der Waals surface area contributed by atoms with Gasteiger partial charge >= 0.3 is 6.09 Å². The molecule has 0 atom stereocenters. The highest BCUT2D eigenvalue weighted by molar-refractivity contribution is 5.69. The third-order valence-electron chi connectivity index (χ3n) is 3.71. The van der Waals surface area contributed by atoms with Crippen LogP contribution in [0.3, 0.4) is 0 Å². The van der Waals surface area contributed by atoms with Gasteiger partial charge in [0.2, 0.25) is 0 Å². The zero-order chi connectivity index (χ0) is 17.2. The van der Waals surface area contributed by atoms with Gasteiger partial charge in [0.15, 0.2) is 0 Å². The van der Waals surface area contributed by atoms with Crippen LogP contribution in [0.15, 0.2) is 42.7 Å². The minimum absolute atomic E-state index is 0.312. The first-order valence-corrected chi connectivity index (χ1v) is 8.06. The van der Waals surface area contributed by atoms with Gasteiger partial charge < -0.3 is 14.4 Å². The molecule has 3 rings (SSSR count). The van der Waals surface area contributed by atoms with Crippen LogP contribution in [0.5, 0.6) is 5.75 Å². The summed E-state index contributed by atoms with van der Waals surface area (Å²) in [6.45, 7) is 7.05. The number of fused-ring (bicyclic) bond motifs is 1. The topological polar surface area (TPSA) is 51.7 Å². The van der Waals surface area contributed by atoms with Crippen molar-refractivity contribution in [2.75, 3.05) is 13.2 Å². The summed E-state index contributed by atoms with van der Waals surface area (Å²) in [6, 6.07) is 9.98. The Hall–Kier alpha value is -2.56. The van der Waals surface area contributed by atoms with Gasteiger partial charge in [0, 0.05) is 18.0 Å². The fraction of sp³-hybridized carbons (Fsp3) is 0.368. The molecule has 5 heteroatoms. The molecule has 1 aliphatic heterocycles. The van der Waals surface area contributed by atoms with E-state index in [0.29, 0.717) is 19.7 Å². The number of nitrogens with zero attached hydrogens (tertiary/aromatic N) is 2. The molecule has 24 heavy (non-hydrogen) atoms. The molecule has 1 amide bonds. The fourth-order valence-electron chi connectivity index (χ4n) is 2.60. The number of hydrogen-bond acceptors (Lipinski definition) is 4. The van der Waals surface area contributed by atoms with Crippen molar-refractivity contribution < 1.29 is 14.3 Å². The van der Waals surface area contributed by atoms with E-state index >= 15 is 0 Å². The quantitative estimate of drug-likeness (QED) is 0.798. The van der Waals surface area contributed by atoms with E-state index in [0.717, 1.165) is 22.4 Å². The minimum atomic E-state index is -0.508. The molecular formula is C19H22N2O3. The van der Waals surface area contributed by atoms with Crippen LogP contribution in [0, 0.1) is 0 Å². The Morgan fingerprint density at radius 1 is 1.17 bits per heavy atom. The molecule has 0 saturated heterocycles. The van der Waals surface area contributed by atoms with Crippen LogP contribution in [-0.4, -0.2) is 34.7 Å². The van der Waals surface area contributed by atoms with Crippen LogP contribution in [0.25, 0.3) is 11.1 Å². The van der Waals surface area contributed by atoms with Crippen LogP contribution in [-0.2, 0) is 11.3 Å². The van der Waals surface area contributed by atoms with E-state index in [1.54, 1.807) is 17.3 Å². The molecule has 5 nitrogen and oxygen atoms in total. The average Bonchev–Trinajstić information content (AvgIpc) is 2.75. The van der Waals surface area contributed by atoms with E-state index in [-0.39, 0.29) is 6.09 Å². The third kappa shape index (κ3) is 3.85.